The minimum atomic E-state index is -0.956. The van der Waals surface area contributed by atoms with Crippen molar-refractivity contribution in [3.8, 4) is 5.75 Å². The van der Waals surface area contributed by atoms with Crippen molar-refractivity contribution in [3.63, 3.8) is 0 Å². The van der Waals surface area contributed by atoms with Crippen LogP contribution in [-0.4, -0.2) is 34.7 Å². The van der Waals surface area contributed by atoms with Crippen molar-refractivity contribution >= 4 is 35.0 Å². The lowest BCUT2D eigenvalue weighted by Gasteiger charge is -2.19. The third-order valence-corrected chi connectivity index (χ3v) is 5.15. The Labute approximate surface area is 173 Å². The molecule has 0 aromatic heterocycles. The van der Waals surface area contributed by atoms with E-state index in [0.29, 0.717) is 12.4 Å². The predicted molar refractivity (Wildman–Crippen MR) is 111 cm³/mol. The van der Waals surface area contributed by atoms with Gasteiger partial charge in [0.25, 0.3) is 11.1 Å². The van der Waals surface area contributed by atoms with E-state index in [2.05, 4.69) is 0 Å². The molecule has 1 aliphatic heterocycles. The number of rotatable bonds is 7. The topological polar surface area (TPSA) is 72.9 Å². The molecule has 1 atom stereocenters. The number of amides is 2. The number of esters is 1. The smallest absolute Gasteiger partial charge is 0.329 e. The van der Waals surface area contributed by atoms with Gasteiger partial charge in [0, 0.05) is 0 Å². The van der Waals surface area contributed by atoms with E-state index in [1.54, 1.807) is 25.1 Å². The highest BCUT2D eigenvalue weighted by atomic mass is 32.2. The molecule has 2 aromatic carbocycles. The zero-order valence-electron chi connectivity index (χ0n) is 16.2. The molecule has 1 heterocycles. The molecule has 0 unspecified atom stereocenters. The molecule has 0 N–H and O–H groups in total. The van der Waals surface area contributed by atoms with Gasteiger partial charge < -0.3 is 9.47 Å². The first kappa shape index (κ1) is 20.7. The zero-order valence-corrected chi connectivity index (χ0v) is 17.0. The van der Waals surface area contributed by atoms with Crippen molar-refractivity contribution in [1.82, 2.24) is 4.90 Å². The van der Waals surface area contributed by atoms with Gasteiger partial charge in [0.2, 0.25) is 0 Å². The van der Waals surface area contributed by atoms with Crippen molar-refractivity contribution in [3.05, 3.63) is 70.6 Å². The lowest BCUT2D eigenvalue weighted by molar-refractivity contribution is -0.150. The van der Waals surface area contributed by atoms with E-state index in [1.807, 2.05) is 42.5 Å². The summed E-state index contributed by atoms with van der Waals surface area (Å²) in [7, 11) is 0. The normalized spacial score (nSPS) is 16.2. The van der Waals surface area contributed by atoms with Crippen LogP contribution in [0.2, 0.25) is 0 Å². The van der Waals surface area contributed by atoms with Crippen LogP contribution in [0.3, 0.4) is 0 Å². The Morgan fingerprint density at radius 3 is 2.45 bits per heavy atom. The van der Waals surface area contributed by atoms with Crippen LogP contribution in [0.4, 0.5) is 4.79 Å². The molecule has 2 aromatic rings. The van der Waals surface area contributed by atoms with Crippen molar-refractivity contribution in [2.45, 2.75) is 26.5 Å². The summed E-state index contributed by atoms with van der Waals surface area (Å²) < 4.78 is 10.7. The molecular formula is C22H21NO5S. The molecule has 0 bridgehead atoms. The number of ether oxygens (including phenoxy) is 2. The number of imide groups is 1. The minimum Gasteiger partial charge on any atom is -0.489 e. The molecule has 29 heavy (non-hydrogen) atoms. The summed E-state index contributed by atoms with van der Waals surface area (Å²) >= 11 is 0.812. The van der Waals surface area contributed by atoms with Gasteiger partial charge in [-0.15, -0.1) is 0 Å². The van der Waals surface area contributed by atoms with Crippen LogP contribution in [0.15, 0.2) is 59.5 Å². The van der Waals surface area contributed by atoms with Crippen LogP contribution in [-0.2, 0) is 20.9 Å². The minimum absolute atomic E-state index is 0.188. The fourth-order valence-electron chi connectivity index (χ4n) is 2.73. The van der Waals surface area contributed by atoms with Gasteiger partial charge in [-0.05, 0) is 54.9 Å². The molecule has 6 nitrogen and oxygen atoms in total. The van der Waals surface area contributed by atoms with E-state index in [0.717, 1.165) is 27.8 Å². The van der Waals surface area contributed by atoms with Gasteiger partial charge in [0.15, 0.2) is 0 Å². The number of carbonyl (C=O) groups excluding carboxylic acids is 3. The Bertz CT molecular complexity index is 924. The van der Waals surface area contributed by atoms with Crippen LogP contribution in [0.1, 0.15) is 25.0 Å². The van der Waals surface area contributed by atoms with Crippen molar-refractivity contribution < 1.29 is 23.9 Å². The summed E-state index contributed by atoms with van der Waals surface area (Å²) in [5.41, 5.74) is 1.83. The Morgan fingerprint density at radius 2 is 1.79 bits per heavy atom. The lowest BCUT2D eigenvalue weighted by atomic mass is 10.2. The van der Waals surface area contributed by atoms with E-state index in [1.165, 1.54) is 6.92 Å². The maximum absolute atomic E-state index is 12.6. The van der Waals surface area contributed by atoms with E-state index >= 15 is 0 Å². The van der Waals surface area contributed by atoms with Gasteiger partial charge in [-0.3, -0.25) is 14.5 Å². The largest absolute Gasteiger partial charge is 0.489 e. The van der Waals surface area contributed by atoms with E-state index in [4.69, 9.17) is 9.47 Å². The second-order valence-electron chi connectivity index (χ2n) is 6.32. The average molecular weight is 411 g/mol. The van der Waals surface area contributed by atoms with E-state index < -0.39 is 23.2 Å². The molecule has 2 amide bonds. The van der Waals surface area contributed by atoms with Gasteiger partial charge in [-0.25, -0.2) is 4.79 Å². The third-order valence-electron chi connectivity index (χ3n) is 4.26. The van der Waals surface area contributed by atoms with Crippen LogP contribution in [0, 0.1) is 0 Å². The molecule has 0 saturated carbocycles. The Balaban J connectivity index is 1.66. The molecule has 0 aliphatic carbocycles. The first-order chi connectivity index (χ1) is 14.0. The zero-order chi connectivity index (χ0) is 20.8. The molecule has 1 aliphatic rings. The summed E-state index contributed by atoms with van der Waals surface area (Å²) in [4.78, 5) is 37.9. The first-order valence-electron chi connectivity index (χ1n) is 9.20. The third kappa shape index (κ3) is 5.06. The molecule has 0 radical (unpaired) electrons. The monoisotopic (exact) mass is 411 g/mol. The fourth-order valence-corrected chi connectivity index (χ4v) is 3.64. The highest BCUT2D eigenvalue weighted by Crippen LogP contribution is 2.34. The SMILES string of the molecule is CCOC(=O)[C@H](C)N1C(=O)S/C(=C\c2ccc(OCc3ccccc3)cc2)C1=O. The van der Waals surface area contributed by atoms with Gasteiger partial charge >= 0.3 is 5.97 Å². The van der Waals surface area contributed by atoms with Gasteiger partial charge in [-0.1, -0.05) is 42.5 Å². The number of carbonyl (C=O) groups is 3. The maximum Gasteiger partial charge on any atom is 0.329 e. The molecule has 7 heteroatoms. The fraction of sp³-hybridized carbons (Fsp3) is 0.227. The number of thioether (sulfide) groups is 1. The highest BCUT2D eigenvalue weighted by Gasteiger charge is 2.41. The predicted octanol–water partition coefficient (Wildman–Crippen LogP) is 4.25. The summed E-state index contributed by atoms with van der Waals surface area (Å²) in [6.07, 6.45) is 1.63. The van der Waals surface area contributed by atoms with Crippen LogP contribution in [0.5, 0.6) is 5.75 Å². The molecule has 150 valence electrons. The standard InChI is InChI=1S/C22H21NO5S/c1-3-27-21(25)15(2)23-20(24)19(29-22(23)26)13-16-9-11-18(12-10-16)28-14-17-7-5-4-6-8-17/h4-13,15H,3,14H2,1-2H3/b19-13-/t15-/m0/s1. The maximum atomic E-state index is 12.6. The second-order valence-corrected chi connectivity index (χ2v) is 7.32. The molecular weight excluding hydrogens is 390 g/mol. The summed E-state index contributed by atoms with van der Waals surface area (Å²) in [6, 6.07) is 16.1. The van der Waals surface area contributed by atoms with E-state index in [-0.39, 0.29) is 11.5 Å². The second kappa shape index (κ2) is 9.43. The van der Waals surface area contributed by atoms with Gasteiger partial charge in [0.05, 0.1) is 11.5 Å². The number of hydrogen-bond acceptors (Lipinski definition) is 6. The van der Waals surface area contributed by atoms with Crippen molar-refractivity contribution in [2.24, 2.45) is 0 Å². The number of hydrogen-bond donors (Lipinski definition) is 0. The quantitative estimate of drug-likeness (QED) is 0.501. The molecule has 0 spiro atoms. The Hall–Kier alpha value is -3.06. The van der Waals surface area contributed by atoms with E-state index in [9.17, 15) is 14.4 Å². The summed E-state index contributed by atoms with van der Waals surface area (Å²) in [5, 5.41) is -0.482. The molecule has 1 saturated heterocycles. The number of benzene rings is 2. The Kier molecular flexibility index (Phi) is 6.72. The van der Waals surface area contributed by atoms with Gasteiger partial charge in [-0.2, -0.15) is 0 Å². The summed E-state index contributed by atoms with van der Waals surface area (Å²) in [5.74, 6) is -0.393. The van der Waals surface area contributed by atoms with Crippen molar-refractivity contribution in [2.75, 3.05) is 6.61 Å². The number of nitrogens with zero attached hydrogens (tertiary/aromatic N) is 1. The highest BCUT2D eigenvalue weighted by molar-refractivity contribution is 8.18. The van der Waals surface area contributed by atoms with Crippen LogP contribution < -0.4 is 4.74 Å². The van der Waals surface area contributed by atoms with Crippen LogP contribution >= 0.6 is 11.8 Å². The Morgan fingerprint density at radius 1 is 1.10 bits per heavy atom. The average Bonchev–Trinajstić information content (AvgIpc) is 3.01. The first-order valence-corrected chi connectivity index (χ1v) is 10.0. The van der Waals surface area contributed by atoms with Gasteiger partial charge in [0.1, 0.15) is 18.4 Å². The summed E-state index contributed by atoms with van der Waals surface area (Å²) in [6.45, 7) is 3.81. The van der Waals surface area contributed by atoms with Crippen LogP contribution in [0.25, 0.3) is 6.08 Å². The lowest BCUT2D eigenvalue weighted by Crippen LogP contribution is -2.42. The molecule has 1 fully saturated rings. The van der Waals surface area contributed by atoms with Crippen molar-refractivity contribution in [1.29, 1.82) is 0 Å². The molecule has 3 rings (SSSR count).